The third-order valence-electron chi connectivity index (χ3n) is 6.61. The van der Waals surface area contributed by atoms with E-state index in [-0.39, 0.29) is 40.8 Å². The topological polar surface area (TPSA) is 167 Å². The van der Waals surface area contributed by atoms with Crippen LogP contribution in [0.3, 0.4) is 0 Å². The molecule has 1 saturated carbocycles. The number of benzene rings is 1. The van der Waals surface area contributed by atoms with Gasteiger partial charge in [-0.1, -0.05) is 0 Å². The maximum atomic E-state index is 14.2. The average Bonchev–Trinajstić information content (AvgIpc) is 3.63. The van der Waals surface area contributed by atoms with E-state index in [0.717, 1.165) is 52.3 Å². The van der Waals surface area contributed by atoms with Gasteiger partial charge in [0.05, 0.1) is 12.4 Å². The quantitative estimate of drug-likeness (QED) is 0.258. The molecule has 2 aromatic heterocycles. The molecule has 2 fully saturated rings. The molecule has 0 bridgehead atoms. The van der Waals surface area contributed by atoms with Gasteiger partial charge in [0.15, 0.2) is 5.82 Å². The zero-order valence-electron chi connectivity index (χ0n) is 25.5. The van der Waals surface area contributed by atoms with Gasteiger partial charge in [0, 0.05) is 64.2 Å². The van der Waals surface area contributed by atoms with Gasteiger partial charge in [-0.3, -0.25) is 23.9 Å². The number of hydrogen-bond donors (Lipinski definition) is 2. The summed E-state index contributed by atoms with van der Waals surface area (Å²) in [7, 11) is -0.687. The van der Waals surface area contributed by atoms with Gasteiger partial charge >= 0.3 is 36.9 Å². The number of aryl methyl sites for hydroxylation is 1. The van der Waals surface area contributed by atoms with Crippen LogP contribution in [0.25, 0.3) is 10.9 Å². The van der Waals surface area contributed by atoms with Gasteiger partial charge in [-0.2, -0.15) is 5.10 Å². The summed E-state index contributed by atoms with van der Waals surface area (Å²) >= 11 is 0. The first-order chi connectivity index (χ1) is 20.5. The van der Waals surface area contributed by atoms with E-state index in [9.17, 15) is 23.6 Å². The second-order valence-electron chi connectivity index (χ2n) is 10.5. The number of anilines is 2. The monoisotopic (exact) mass is 621 g/mol. The third-order valence-corrected chi connectivity index (χ3v) is 6.61. The Morgan fingerprint density at radius 1 is 1.00 bits per heavy atom. The molecule has 1 aromatic carbocycles. The fraction of sp³-hybridized carbons (Fsp3) is 0.444. The van der Waals surface area contributed by atoms with Gasteiger partial charge in [0.1, 0.15) is 17.0 Å². The summed E-state index contributed by atoms with van der Waals surface area (Å²) in [6, 6.07) is 3.70. The van der Waals surface area contributed by atoms with Gasteiger partial charge in [0.2, 0.25) is 0 Å². The van der Waals surface area contributed by atoms with Crippen molar-refractivity contribution in [3.05, 3.63) is 42.2 Å². The molecule has 1 saturated heterocycles. The Kier molecular flexibility index (Phi) is 12.6. The minimum absolute atomic E-state index is 0. The van der Waals surface area contributed by atoms with E-state index in [0.29, 0.717) is 17.0 Å². The fourth-order valence-corrected chi connectivity index (χ4v) is 4.39. The summed E-state index contributed by atoms with van der Waals surface area (Å²) in [5.74, 6) is -1.49. The Bertz CT molecular complexity index is 1450. The van der Waals surface area contributed by atoms with E-state index in [1.807, 2.05) is 0 Å². The smallest absolute Gasteiger partial charge is 0.625 e. The Balaban J connectivity index is 0.000000324. The molecular weight excluding hydrogens is 587 g/mol. The molecule has 0 spiro atoms. The number of carbonyl (C=O) groups is 4. The van der Waals surface area contributed by atoms with Crippen molar-refractivity contribution in [2.75, 3.05) is 29.9 Å². The van der Waals surface area contributed by atoms with Crippen LogP contribution in [0, 0.1) is 11.7 Å². The molecule has 2 N–H and O–H groups in total. The van der Waals surface area contributed by atoms with E-state index in [4.69, 9.17) is 0 Å². The molecule has 3 heterocycles. The van der Waals surface area contributed by atoms with Crippen molar-refractivity contribution in [3.63, 3.8) is 0 Å². The molecule has 0 radical (unpaired) electrons. The summed E-state index contributed by atoms with van der Waals surface area (Å²) in [4.78, 5) is 54.6. The second-order valence-corrected chi connectivity index (χ2v) is 10.5. The van der Waals surface area contributed by atoms with E-state index in [2.05, 4.69) is 44.6 Å². The number of amides is 1. The third kappa shape index (κ3) is 10.5. The zero-order chi connectivity index (χ0) is 31.1. The standard InChI is InChI=1S/C21H24FN7O.C6H10BO6.Na/c1-28-12-14-6-16(7-17(22)20(14)27-28)26-21(30)18-8-25-19(9-24-18)29-10-13(11-29)4-5-23-15-2-3-15;1-4(8)11-7(12-5(2)9)13-6(3)10;/h6-9,12-13,15,23H,2-5,10-11H2,1H3,(H,26,30);7H,1-3H3;/q;-1;+1. The number of aromatic nitrogens is 4. The van der Waals surface area contributed by atoms with Crippen LogP contribution in [-0.4, -0.2) is 76.6 Å². The van der Waals surface area contributed by atoms with Crippen LogP contribution in [0.1, 0.15) is 50.5 Å². The van der Waals surface area contributed by atoms with Crippen LogP contribution in [0.5, 0.6) is 0 Å². The van der Waals surface area contributed by atoms with Crippen molar-refractivity contribution < 1.29 is 67.1 Å². The first-order valence-electron chi connectivity index (χ1n) is 13.9. The Labute approximate surface area is 275 Å². The number of nitrogens with zero attached hydrogens (tertiary/aromatic N) is 5. The van der Waals surface area contributed by atoms with E-state index in [1.54, 1.807) is 25.5 Å². The first-order valence-corrected chi connectivity index (χ1v) is 13.9. The first kappa shape index (κ1) is 34.9. The van der Waals surface area contributed by atoms with Crippen LogP contribution < -0.4 is 45.1 Å². The molecule has 0 unspecified atom stereocenters. The number of carbonyl (C=O) groups excluding carboxylic acids is 4. The summed E-state index contributed by atoms with van der Waals surface area (Å²) in [6.45, 7) is 6.38. The number of fused-ring (bicyclic) bond motifs is 1. The summed E-state index contributed by atoms with van der Waals surface area (Å²) in [6.07, 6.45) is 8.60. The van der Waals surface area contributed by atoms with Crippen LogP contribution in [0.4, 0.5) is 15.9 Å². The van der Waals surface area contributed by atoms with Gasteiger partial charge in [-0.15, -0.1) is 0 Å². The van der Waals surface area contributed by atoms with Crippen molar-refractivity contribution in [1.82, 2.24) is 25.1 Å². The van der Waals surface area contributed by atoms with Crippen molar-refractivity contribution in [3.8, 4) is 0 Å². The van der Waals surface area contributed by atoms with Gasteiger partial charge in [-0.25, -0.2) is 14.4 Å². The van der Waals surface area contributed by atoms with Crippen molar-refractivity contribution >= 4 is 53.5 Å². The predicted molar refractivity (Wildman–Crippen MR) is 154 cm³/mol. The molecule has 44 heavy (non-hydrogen) atoms. The SMILES string of the molecule is CC(=O)O[BH-](OC(C)=O)OC(C)=O.Cn1cc2cc(NC(=O)c3cnc(N4CC(CCNC5CC5)C4)cn3)cc(F)c2n1.[Na+]. The number of nitrogens with one attached hydrogen (secondary N) is 2. The zero-order valence-corrected chi connectivity index (χ0v) is 27.5. The van der Waals surface area contributed by atoms with Crippen LogP contribution in [0.2, 0.25) is 0 Å². The van der Waals surface area contributed by atoms with E-state index < -0.39 is 37.0 Å². The van der Waals surface area contributed by atoms with Crippen LogP contribution in [0.15, 0.2) is 30.7 Å². The minimum atomic E-state index is -2.41. The Morgan fingerprint density at radius 2 is 1.64 bits per heavy atom. The number of hydrogen-bond acceptors (Lipinski definition) is 12. The molecule has 14 nitrogen and oxygen atoms in total. The van der Waals surface area contributed by atoms with Crippen molar-refractivity contribution in [2.45, 2.75) is 46.1 Å². The molecular formula is C27H34BFN7NaO7. The summed E-state index contributed by atoms with van der Waals surface area (Å²) < 4.78 is 29.0. The van der Waals surface area contributed by atoms with E-state index in [1.165, 1.54) is 36.2 Å². The maximum absolute atomic E-state index is 14.2. The number of halogens is 1. The van der Waals surface area contributed by atoms with Crippen LogP contribution >= 0.6 is 0 Å². The summed E-state index contributed by atoms with van der Waals surface area (Å²) in [5, 5.41) is 10.9. The molecule has 1 amide bonds. The fourth-order valence-electron chi connectivity index (χ4n) is 4.39. The van der Waals surface area contributed by atoms with E-state index >= 15 is 0 Å². The van der Waals surface area contributed by atoms with Crippen molar-refractivity contribution in [2.24, 2.45) is 13.0 Å². The largest absolute Gasteiger partial charge is 1.00 e. The average molecular weight is 621 g/mol. The van der Waals surface area contributed by atoms with Gasteiger partial charge in [0.25, 0.3) is 23.8 Å². The Morgan fingerprint density at radius 3 is 2.18 bits per heavy atom. The molecule has 5 rings (SSSR count). The molecule has 230 valence electrons. The molecule has 1 aliphatic heterocycles. The minimum Gasteiger partial charge on any atom is -0.625 e. The van der Waals surface area contributed by atoms with Crippen molar-refractivity contribution in [1.29, 1.82) is 0 Å². The maximum Gasteiger partial charge on any atom is 1.00 e. The molecule has 3 aromatic rings. The number of rotatable bonds is 10. The molecule has 2 aliphatic rings. The predicted octanol–water partition coefficient (Wildman–Crippen LogP) is -1.27. The Hall–Kier alpha value is -3.60. The summed E-state index contributed by atoms with van der Waals surface area (Å²) in [5.41, 5.74) is 0.821. The second kappa shape index (κ2) is 15.9. The van der Waals surface area contributed by atoms with Crippen LogP contribution in [-0.2, 0) is 35.4 Å². The van der Waals surface area contributed by atoms with Gasteiger partial charge < -0.3 is 29.5 Å². The van der Waals surface area contributed by atoms with Gasteiger partial charge in [-0.05, 0) is 43.9 Å². The molecule has 17 heteroatoms. The normalized spacial score (nSPS) is 14.1. The molecule has 0 atom stereocenters. The molecule has 1 aliphatic carbocycles.